The third-order valence-corrected chi connectivity index (χ3v) is 3.22. The maximum atomic E-state index is 12.2. The molecule has 96 valence electrons. The molecule has 0 saturated carbocycles. The molecule has 2 aromatic carbocycles. The van der Waals surface area contributed by atoms with E-state index in [2.05, 4.69) is 19.1 Å². The molecule has 0 heterocycles. The van der Waals surface area contributed by atoms with Gasteiger partial charge in [0.1, 0.15) is 0 Å². The van der Waals surface area contributed by atoms with Gasteiger partial charge in [0.25, 0.3) is 0 Å². The highest BCUT2D eigenvalue weighted by Gasteiger charge is 2.09. The van der Waals surface area contributed by atoms with Gasteiger partial charge in [0.05, 0.1) is 0 Å². The lowest BCUT2D eigenvalue weighted by Gasteiger charge is -2.08. The summed E-state index contributed by atoms with van der Waals surface area (Å²) in [4.78, 5) is 12.2. The minimum Gasteiger partial charge on any atom is -0.289 e. The van der Waals surface area contributed by atoms with Crippen LogP contribution in [0.15, 0.2) is 72.3 Å². The van der Waals surface area contributed by atoms with E-state index in [1.165, 1.54) is 5.56 Å². The molecule has 0 aliphatic carbocycles. The number of carbonyl (C=O) groups excluding carboxylic acids is 1. The molecular weight excluding hydrogens is 232 g/mol. The van der Waals surface area contributed by atoms with Gasteiger partial charge in [-0.1, -0.05) is 73.7 Å². The SMILES string of the molecule is CC(=CC(C)c1ccccc1)C(=O)c1ccccc1. The van der Waals surface area contributed by atoms with Gasteiger partial charge in [0.15, 0.2) is 5.78 Å². The predicted molar refractivity (Wildman–Crippen MR) is 79.4 cm³/mol. The fraction of sp³-hybridized carbons (Fsp3) is 0.167. The van der Waals surface area contributed by atoms with Crippen molar-refractivity contribution in [3.63, 3.8) is 0 Å². The highest BCUT2D eigenvalue weighted by molar-refractivity contribution is 6.08. The Kier molecular flexibility index (Phi) is 4.30. The molecule has 19 heavy (non-hydrogen) atoms. The lowest BCUT2D eigenvalue weighted by atomic mass is 9.96. The summed E-state index contributed by atoms with van der Waals surface area (Å²) in [5.74, 6) is 0.345. The molecule has 0 fully saturated rings. The molecule has 1 atom stereocenters. The van der Waals surface area contributed by atoms with Crippen LogP contribution in [0.2, 0.25) is 0 Å². The Bertz CT molecular complexity index is 567. The number of ketones is 1. The number of Topliss-reactive ketones (excluding diaryl/α,β-unsaturated/α-hetero) is 1. The molecule has 1 nitrogen and oxygen atoms in total. The van der Waals surface area contributed by atoms with Crippen LogP contribution in [0, 0.1) is 0 Å². The highest BCUT2D eigenvalue weighted by atomic mass is 16.1. The van der Waals surface area contributed by atoms with E-state index in [1.54, 1.807) is 0 Å². The zero-order chi connectivity index (χ0) is 13.7. The Morgan fingerprint density at radius 3 is 2.05 bits per heavy atom. The molecule has 2 rings (SSSR count). The number of carbonyl (C=O) groups is 1. The van der Waals surface area contributed by atoms with Crippen LogP contribution < -0.4 is 0 Å². The van der Waals surface area contributed by atoms with E-state index in [4.69, 9.17) is 0 Å². The maximum Gasteiger partial charge on any atom is 0.188 e. The van der Waals surface area contributed by atoms with Crippen LogP contribution in [-0.2, 0) is 0 Å². The summed E-state index contributed by atoms with van der Waals surface area (Å²) in [6.07, 6.45) is 2.03. The Labute approximate surface area is 114 Å². The second-order valence-corrected chi connectivity index (χ2v) is 4.74. The smallest absolute Gasteiger partial charge is 0.188 e. The molecule has 2 aromatic rings. The van der Waals surface area contributed by atoms with E-state index in [1.807, 2.05) is 61.5 Å². The molecular formula is C18H18O. The van der Waals surface area contributed by atoms with Gasteiger partial charge in [-0.05, 0) is 24.0 Å². The summed E-state index contributed by atoms with van der Waals surface area (Å²) in [5, 5.41) is 0. The standard InChI is InChI=1S/C18H18O/c1-14(16-9-5-3-6-10-16)13-15(2)18(19)17-11-7-4-8-12-17/h3-14H,1-2H3. The third kappa shape index (κ3) is 3.41. The molecule has 0 saturated heterocycles. The van der Waals surface area contributed by atoms with Crippen LogP contribution in [-0.4, -0.2) is 5.78 Å². The Balaban J connectivity index is 2.18. The van der Waals surface area contributed by atoms with Crippen molar-refractivity contribution in [2.75, 3.05) is 0 Å². The minimum atomic E-state index is 0.100. The summed E-state index contributed by atoms with van der Waals surface area (Å²) in [6, 6.07) is 19.6. The molecule has 1 heteroatoms. The van der Waals surface area contributed by atoms with E-state index in [0.717, 1.165) is 11.1 Å². The van der Waals surface area contributed by atoms with Crippen molar-refractivity contribution in [2.45, 2.75) is 19.8 Å². The van der Waals surface area contributed by atoms with Crippen LogP contribution in [0.4, 0.5) is 0 Å². The zero-order valence-corrected chi connectivity index (χ0v) is 11.3. The van der Waals surface area contributed by atoms with Crippen LogP contribution in [0.1, 0.15) is 35.7 Å². The van der Waals surface area contributed by atoms with Crippen molar-refractivity contribution >= 4 is 5.78 Å². The van der Waals surface area contributed by atoms with Gasteiger partial charge in [-0.3, -0.25) is 4.79 Å². The Hall–Kier alpha value is -2.15. The fourth-order valence-corrected chi connectivity index (χ4v) is 2.12. The number of rotatable bonds is 4. The number of benzene rings is 2. The van der Waals surface area contributed by atoms with Crippen LogP contribution >= 0.6 is 0 Å². The summed E-state index contributed by atoms with van der Waals surface area (Å²) >= 11 is 0. The normalized spacial score (nSPS) is 13.1. The minimum absolute atomic E-state index is 0.100. The summed E-state index contributed by atoms with van der Waals surface area (Å²) < 4.78 is 0. The average Bonchev–Trinajstić information content (AvgIpc) is 2.48. The summed E-state index contributed by atoms with van der Waals surface area (Å²) in [5.41, 5.74) is 2.77. The van der Waals surface area contributed by atoms with Gasteiger partial charge >= 0.3 is 0 Å². The lowest BCUT2D eigenvalue weighted by molar-refractivity contribution is 0.103. The average molecular weight is 250 g/mol. The zero-order valence-electron chi connectivity index (χ0n) is 11.3. The van der Waals surface area contributed by atoms with Crippen molar-refractivity contribution in [1.29, 1.82) is 0 Å². The Morgan fingerprint density at radius 1 is 0.947 bits per heavy atom. The second-order valence-electron chi connectivity index (χ2n) is 4.74. The van der Waals surface area contributed by atoms with Gasteiger partial charge in [-0.2, -0.15) is 0 Å². The number of hydrogen-bond donors (Lipinski definition) is 0. The highest BCUT2D eigenvalue weighted by Crippen LogP contribution is 2.19. The van der Waals surface area contributed by atoms with Crippen molar-refractivity contribution in [3.8, 4) is 0 Å². The molecule has 0 spiro atoms. The largest absolute Gasteiger partial charge is 0.289 e. The van der Waals surface area contributed by atoms with Crippen molar-refractivity contribution < 1.29 is 4.79 Å². The monoisotopic (exact) mass is 250 g/mol. The first kappa shape index (κ1) is 13.3. The van der Waals surface area contributed by atoms with Crippen molar-refractivity contribution in [3.05, 3.63) is 83.4 Å². The summed E-state index contributed by atoms with van der Waals surface area (Å²) in [6.45, 7) is 3.99. The fourth-order valence-electron chi connectivity index (χ4n) is 2.12. The first-order chi connectivity index (χ1) is 9.18. The molecule has 0 aliphatic heterocycles. The molecule has 0 aliphatic rings. The Morgan fingerprint density at radius 2 is 1.47 bits per heavy atom. The van der Waals surface area contributed by atoms with E-state index >= 15 is 0 Å². The van der Waals surface area contributed by atoms with Gasteiger partial charge in [-0.15, -0.1) is 0 Å². The quantitative estimate of drug-likeness (QED) is 0.571. The van der Waals surface area contributed by atoms with Crippen molar-refractivity contribution in [1.82, 2.24) is 0 Å². The van der Waals surface area contributed by atoms with E-state index in [9.17, 15) is 4.79 Å². The van der Waals surface area contributed by atoms with Crippen LogP contribution in [0.25, 0.3) is 0 Å². The second kappa shape index (κ2) is 6.14. The first-order valence-electron chi connectivity index (χ1n) is 6.51. The van der Waals surface area contributed by atoms with Gasteiger partial charge in [0, 0.05) is 5.56 Å². The maximum absolute atomic E-state index is 12.2. The molecule has 0 bridgehead atoms. The van der Waals surface area contributed by atoms with Gasteiger partial charge in [0.2, 0.25) is 0 Å². The topological polar surface area (TPSA) is 17.1 Å². The molecule has 0 aromatic heterocycles. The van der Waals surface area contributed by atoms with Gasteiger partial charge < -0.3 is 0 Å². The van der Waals surface area contributed by atoms with E-state index < -0.39 is 0 Å². The van der Waals surface area contributed by atoms with Crippen LogP contribution in [0.5, 0.6) is 0 Å². The molecule has 0 N–H and O–H groups in total. The van der Waals surface area contributed by atoms with E-state index in [0.29, 0.717) is 0 Å². The third-order valence-electron chi connectivity index (χ3n) is 3.22. The predicted octanol–water partition coefficient (Wildman–Crippen LogP) is 4.62. The molecule has 1 unspecified atom stereocenters. The van der Waals surface area contributed by atoms with Crippen LogP contribution in [0.3, 0.4) is 0 Å². The first-order valence-corrected chi connectivity index (χ1v) is 6.51. The molecule has 0 radical (unpaired) electrons. The van der Waals surface area contributed by atoms with Crippen molar-refractivity contribution in [2.24, 2.45) is 0 Å². The lowest BCUT2D eigenvalue weighted by Crippen LogP contribution is -2.02. The van der Waals surface area contributed by atoms with E-state index in [-0.39, 0.29) is 11.7 Å². The molecule has 0 amide bonds. The number of allylic oxidation sites excluding steroid dienone is 2. The van der Waals surface area contributed by atoms with Gasteiger partial charge in [-0.25, -0.2) is 0 Å². The summed E-state index contributed by atoms with van der Waals surface area (Å²) in [7, 11) is 0. The number of hydrogen-bond acceptors (Lipinski definition) is 1.